The number of pyridine rings is 1. The molecule has 0 aliphatic heterocycles. The average Bonchev–Trinajstić information content (AvgIpc) is 3.58. The van der Waals surface area contributed by atoms with Crippen LogP contribution in [0.3, 0.4) is 0 Å². The topological polar surface area (TPSA) is 101 Å². The minimum absolute atomic E-state index is 0.0198. The zero-order valence-electron chi connectivity index (χ0n) is 22.8. The van der Waals surface area contributed by atoms with Crippen molar-refractivity contribution in [3.05, 3.63) is 45.5 Å². The first-order valence-corrected chi connectivity index (χ1v) is 12.6. The largest absolute Gasteiger partial charge is 0.462 e. The quantitative estimate of drug-likeness (QED) is 0.290. The monoisotopic (exact) mass is 517 g/mol. The molecule has 0 amide bonds. The second-order valence-corrected chi connectivity index (χ2v) is 11.3. The van der Waals surface area contributed by atoms with Gasteiger partial charge in [-0.1, -0.05) is 6.92 Å². The van der Waals surface area contributed by atoms with Crippen LogP contribution in [0, 0.1) is 5.82 Å². The van der Waals surface area contributed by atoms with Gasteiger partial charge in [0, 0.05) is 23.2 Å². The van der Waals surface area contributed by atoms with E-state index in [9.17, 15) is 19.2 Å². The summed E-state index contributed by atoms with van der Waals surface area (Å²) in [6.07, 6.45) is 2.86. The van der Waals surface area contributed by atoms with Crippen molar-refractivity contribution in [3.8, 4) is 0 Å². The number of carbonyl (C=O) groups is 3. The third-order valence-corrected chi connectivity index (χ3v) is 6.04. The van der Waals surface area contributed by atoms with E-state index in [0.29, 0.717) is 5.52 Å². The first-order valence-electron chi connectivity index (χ1n) is 12.6. The van der Waals surface area contributed by atoms with Crippen LogP contribution in [0.4, 0.5) is 4.39 Å². The predicted octanol–water partition coefficient (Wildman–Crippen LogP) is 4.98. The molecule has 1 aliphatic carbocycles. The van der Waals surface area contributed by atoms with E-state index in [1.54, 1.807) is 60.0 Å². The van der Waals surface area contributed by atoms with E-state index in [0.717, 1.165) is 18.9 Å². The molecule has 3 rings (SSSR count). The van der Waals surface area contributed by atoms with Crippen LogP contribution in [0.15, 0.2) is 23.1 Å². The Morgan fingerprint density at radius 1 is 0.973 bits per heavy atom. The number of hydrogen-bond acceptors (Lipinski definition) is 7. The summed E-state index contributed by atoms with van der Waals surface area (Å²) in [7, 11) is 0. The highest BCUT2D eigenvalue weighted by molar-refractivity contribution is 6.07. The lowest BCUT2D eigenvalue weighted by Gasteiger charge is -2.35. The number of nitrogens with zero attached hydrogens (tertiary/aromatic N) is 1. The second-order valence-electron chi connectivity index (χ2n) is 11.3. The lowest BCUT2D eigenvalue weighted by Crippen LogP contribution is -2.50. The van der Waals surface area contributed by atoms with Gasteiger partial charge in [0.05, 0.1) is 12.1 Å². The van der Waals surface area contributed by atoms with Crippen LogP contribution < -0.4 is 5.43 Å². The number of fused-ring (bicyclic) bond motifs is 1. The van der Waals surface area contributed by atoms with Crippen LogP contribution >= 0.6 is 0 Å². The highest BCUT2D eigenvalue weighted by Crippen LogP contribution is 2.41. The average molecular weight is 518 g/mol. The number of aromatic nitrogens is 1. The Balaban J connectivity index is 2.36. The number of carbonyl (C=O) groups excluding carboxylic acids is 3. The second kappa shape index (κ2) is 9.91. The molecule has 1 saturated carbocycles. The fourth-order valence-corrected chi connectivity index (χ4v) is 4.22. The molecule has 1 aromatic carbocycles. The van der Waals surface area contributed by atoms with Gasteiger partial charge in [-0.15, -0.1) is 0 Å². The van der Waals surface area contributed by atoms with Crippen LogP contribution in [0.1, 0.15) is 96.6 Å². The van der Waals surface area contributed by atoms with Gasteiger partial charge in [0.15, 0.2) is 5.41 Å². The maximum absolute atomic E-state index is 15.9. The lowest BCUT2D eigenvalue weighted by molar-refractivity contribution is -0.178. The minimum Gasteiger partial charge on any atom is -0.462 e. The summed E-state index contributed by atoms with van der Waals surface area (Å²) in [4.78, 5) is 52.9. The van der Waals surface area contributed by atoms with Crippen molar-refractivity contribution >= 4 is 28.8 Å². The number of hydrogen-bond donors (Lipinski definition) is 0. The summed E-state index contributed by atoms with van der Waals surface area (Å²) in [5.41, 5.74) is -4.87. The molecular formula is C28H36FNO7. The smallest absolute Gasteiger partial charge is 0.343 e. The van der Waals surface area contributed by atoms with E-state index >= 15 is 4.39 Å². The molecule has 1 heterocycles. The molecule has 0 spiro atoms. The van der Waals surface area contributed by atoms with Crippen LogP contribution in [-0.4, -0.2) is 40.3 Å². The first-order chi connectivity index (χ1) is 17.1. The van der Waals surface area contributed by atoms with E-state index in [2.05, 4.69) is 0 Å². The van der Waals surface area contributed by atoms with E-state index in [4.69, 9.17) is 14.2 Å². The molecule has 1 fully saturated rings. The molecule has 2 aromatic rings. The zero-order valence-corrected chi connectivity index (χ0v) is 22.8. The fraction of sp³-hybridized carbons (Fsp3) is 0.571. The van der Waals surface area contributed by atoms with Crippen LogP contribution in [0.25, 0.3) is 10.9 Å². The molecule has 202 valence electrons. The minimum atomic E-state index is -2.12. The Kier molecular flexibility index (Phi) is 7.59. The molecule has 0 atom stereocenters. The third-order valence-electron chi connectivity index (χ3n) is 6.04. The Bertz CT molecular complexity index is 1260. The first kappa shape index (κ1) is 28.3. The maximum atomic E-state index is 15.9. The molecule has 9 heteroatoms. The number of esters is 3. The summed E-state index contributed by atoms with van der Waals surface area (Å²) >= 11 is 0. The summed E-state index contributed by atoms with van der Waals surface area (Å²) in [5, 5.41) is -0.0444. The Morgan fingerprint density at radius 2 is 1.51 bits per heavy atom. The van der Waals surface area contributed by atoms with Crippen molar-refractivity contribution < 1.29 is 33.0 Å². The van der Waals surface area contributed by atoms with Gasteiger partial charge in [-0.25, -0.2) is 9.18 Å². The summed E-state index contributed by atoms with van der Waals surface area (Å²) < 4.78 is 33.9. The van der Waals surface area contributed by atoms with Gasteiger partial charge in [-0.3, -0.25) is 14.4 Å². The summed E-state index contributed by atoms with van der Waals surface area (Å²) in [6, 6.07) is 2.30. The van der Waals surface area contributed by atoms with Crippen LogP contribution in [0.2, 0.25) is 0 Å². The molecule has 0 radical (unpaired) electrons. The van der Waals surface area contributed by atoms with Gasteiger partial charge in [-0.2, -0.15) is 0 Å². The Labute approximate surface area is 216 Å². The van der Waals surface area contributed by atoms with Crippen LogP contribution in [0.5, 0.6) is 0 Å². The molecular weight excluding hydrogens is 481 g/mol. The Hall–Kier alpha value is -3.23. The molecule has 0 unspecified atom stereocenters. The van der Waals surface area contributed by atoms with Crippen molar-refractivity contribution in [1.82, 2.24) is 4.57 Å². The molecule has 8 nitrogen and oxygen atoms in total. The number of benzene rings is 1. The maximum Gasteiger partial charge on any atom is 0.343 e. The standard InChI is InChI=1S/C28H36FNO7/c1-9-28(24(33)36-26(3,4)5,25(34)37-27(6,7)8)19-14-21-17(13-20(19)29)22(31)18(23(32)35-10-2)15-30(21)16-11-12-16/h13-16H,9-12H2,1-8H3. The fourth-order valence-electron chi connectivity index (χ4n) is 4.22. The highest BCUT2D eigenvalue weighted by atomic mass is 19.1. The molecule has 0 saturated heterocycles. The van der Waals surface area contributed by atoms with E-state index < -0.39 is 45.8 Å². The van der Waals surface area contributed by atoms with Crippen molar-refractivity contribution in [1.29, 1.82) is 0 Å². The van der Waals surface area contributed by atoms with Gasteiger partial charge in [-0.05, 0) is 79.9 Å². The van der Waals surface area contributed by atoms with Crippen molar-refractivity contribution in [2.75, 3.05) is 6.61 Å². The molecule has 1 aromatic heterocycles. The highest BCUT2D eigenvalue weighted by Gasteiger charge is 2.53. The summed E-state index contributed by atoms with van der Waals surface area (Å²) in [5.74, 6) is -3.64. The molecule has 37 heavy (non-hydrogen) atoms. The SMILES string of the molecule is CCOC(=O)c1cn(C2CC2)c2cc(C(CC)(C(=O)OC(C)(C)C)C(=O)OC(C)(C)C)c(F)cc2c1=O. The number of ether oxygens (including phenoxy) is 3. The van der Waals surface area contributed by atoms with Crippen molar-refractivity contribution in [2.24, 2.45) is 0 Å². The van der Waals surface area contributed by atoms with E-state index in [1.807, 2.05) is 0 Å². The van der Waals surface area contributed by atoms with E-state index in [-0.39, 0.29) is 35.6 Å². The van der Waals surface area contributed by atoms with Gasteiger partial charge in [0.25, 0.3) is 0 Å². The lowest BCUT2D eigenvalue weighted by atomic mass is 9.76. The number of rotatable bonds is 7. The zero-order chi connectivity index (χ0) is 27.9. The molecule has 0 N–H and O–H groups in total. The van der Waals surface area contributed by atoms with Gasteiger partial charge in [0.2, 0.25) is 5.43 Å². The third kappa shape index (κ3) is 5.70. The molecule has 1 aliphatic rings. The Morgan fingerprint density at radius 3 is 1.95 bits per heavy atom. The van der Waals surface area contributed by atoms with Gasteiger partial charge >= 0.3 is 17.9 Å². The van der Waals surface area contributed by atoms with Gasteiger partial charge in [0.1, 0.15) is 22.6 Å². The van der Waals surface area contributed by atoms with Crippen LogP contribution in [-0.2, 0) is 29.2 Å². The van der Waals surface area contributed by atoms with Crippen molar-refractivity contribution in [3.63, 3.8) is 0 Å². The van der Waals surface area contributed by atoms with Crippen molar-refractivity contribution in [2.45, 2.75) is 97.3 Å². The predicted molar refractivity (Wildman–Crippen MR) is 136 cm³/mol. The summed E-state index contributed by atoms with van der Waals surface area (Å²) in [6.45, 7) is 13.2. The normalized spacial score (nSPS) is 14.4. The number of halogens is 1. The molecule has 0 bridgehead atoms. The van der Waals surface area contributed by atoms with Gasteiger partial charge < -0.3 is 18.8 Å². The van der Waals surface area contributed by atoms with E-state index in [1.165, 1.54) is 12.3 Å².